The zero-order valence-corrected chi connectivity index (χ0v) is 20.2. The third-order valence-electron chi connectivity index (χ3n) is 6.16. The van der Waals surface area contributed by atoms with Gasteiger partial charge in [-0.3, -0.25) is 19.0 Å². The lowest BCUT2D eigenvalue weighted by Crippen LogP contribution is -2.48. The molecular formula is C25H28N4O4S. The predicted octanol–water partition coefficient (Wildman–Crippen LogP) is 3.26. The second-order valence-corrected chi connectivity index (χ2v) is 8.76. The van der Waals surface area contributed by atoms with Gasteiger partial charge in [0.25, 0.3) is 11.5 Å². The van der Waals surface area contributed by atoms with E-state index in [0.29, 0.717) is 72.6 Å². The molecule has 0 atom stereocenters. The number of benzene rings is 2. The lowest BCUT2D eigenvalue weighted by molar-refractivity contribution is 0.0746. The molecule has 8 nitrogen and oxygen atoms in total. The number of fused-ring (bicyclic) bond motifs is 1. The minimum absolute atomic E-state index is 0.0442. The Morgan fingerprint density at radius 2 is 1.71 bits per heavy atom. The lowest BCUT2D eigenvalue weighted by atomic mass is 10.1. The summed E-state index contributed by atoms with van der Waals surface area (Å²) in [5, 5.41) is 0.501. The number of aromatic nitrogens is 2. The fourth-order valence-corrected chi connectivity index (χ4v) is 4.50. The highest BCUT2D eigenvalue weighted by Gasteiger charge is 2.23. The van der Waals surface area contributed by atoms with E-state index in [1.54, 1.807) is 32.2 Å². The van der Waals surface area contributed by atoms with Crippen molar-refractivity contribution in [2.24, 2.45) is 0 Å². The van der Waals surface area contributed by atoms with Crippen LogP contribution in [0.3, 0.4) is 0 Å². The Kier molecular flexibility index (Phi) is 7.23. The molecule has 178 valence electrons. The fraction of sp³-hybridized carbons (Fsp3) is 0.360. The van der Waals surface area contributed by atoms with Crippen LogP contribution in [-0.2, 0) is 11.3 Å². The van der Waals surface area contributed by atoms with E-state index in [2.05, 4.69) is 9.88 Å². The standard InChI is InChI=1S/C25H28N4O4S/c1-17(30)18-4-7-20(8-5-18)27-11-13-28(14-12-27)23(31)19-6-9-21-22(16-19)26-25(34)29(24(21)32)10-3-15-33-2/h4-9,16H,3,10-15H2,1-2H3,(H,26,34). The SMILES string of the molecule is COCCCn1c(=S)[nH]c2cc(C(=O)N3CCN(c4ccc(C(C)=O)cc4)CC3)ccc2c1=O. The number of nitrogens with zero attached hydrogens (tertiary/aromatic N) is 3. The van der Waals surface area contributed by atoms with Crippen LogP contribution in [0.4, 0.5) is 5.69 Å². The summed E-state index contributed by atoms with van der Waals surface area (Å²) in [4.78, 5) is 44.6. The van der Waals surface area contributed by atoms with Crippen LogP contribution in [0, 0.1) is 4.77 Å². The quantitative estimate of drug-likeness (QED) is 0.317. The number of H-pyrrole nitrogens is 1. The first-order valence-corrected chi connectivity index (χ1v) is 11.7. The van der Waals surface area contributed by atoms with Crippen LogP contribution in [0.15, 0.2) is 47.3 Å². The molecule has 2 heterocycles. The van der Waals surface area contributed by atoms with Gasteiger partial charge < -0.3 is 19.5 Å². The molecule has 1 aliphatic heterocycles. The first-order valence-electron chi connectivity index (χ1n) is 11.3. The van der Waals surface area contributed by atoms with Gasteiger partial charge in [-0.1, -0.05) is 0 Å². The molecule has 0 aliphatic carbocycles. The number of aromatic amines is 1. The number of hydrogen-bond donors (Lipinski definition) is 1. The molecule has 34 heavy (non-hydrogen) atoms. The number of nitrogens with one attached hydrogen (secondary N) is 1. The van der Waals surface area contributed by atoms with Crippen molar-refractivity contribution < 1.29 is 14.3 Å². The maximum Gasteiger partial charge on any atom is 0.262 e. The summed E-state index contributed by atoms with van der Waals surface area (Å²) in [5.41, 5.74) is 2.65. The maximum atomic E-state index is 13.2. The topological polar surface area (TPSA) is 87.6 Å². The molecule has 1 N–H and O–H groups in total. The number of hydrogen-bond acceptors (Lipinski definition) is 6. The minimum atomic E-state index is -0.168. The van der Waals surface area contributed by atoms with Crippen LogP contribution < -0.4 is 10.5 Å². The third-order valence-corrected chi connectivity index (χ3v) is 6.49. The van der Waals surface area contributed by atoms with Gasteiger partial charge >= 0.3 is 0 Å². The molecule has 0 bridgehead atoms. The summed E-state index contributed by atoms with van der Waals surface area (Å²) in [6, 6.07) is 12.7. The lowest BCUT2D eigenvalue weighted by Gasteiger charge is -2.36. The van der Waals surface area contributed by atoms with E-state index in [-0.39, 0.29) is 17.2 Å². The highest BCUT2D eigenvalue weighted by Crippen LogP contribution is 2.19. The van der Waals surface area contributed by atoms with E-state index < -0.39 is 0 Å². The number of amides is 1. The summed E-state index contributed by atoms with van der Waals surface area (Å²) in [7, 11) is 1.62. The van der Waals surface area contributed by atoms with Gasteiger partial charge in [-0.2, -0.15) is 0 Å². The Hall–Kier alpha value is -3.30. The summed E-state index contributed by atoms with van der Waals surface area (Å²) in [6.07, 6.45) is 0.683. The number of ketones is 1. The Labute approximate surface area is 202 Å². The van der Waals surface area contributed by atoms with E-state index in [1.165, 1.54) is 4.57 Å². The van der Waals surface area contributed by atoms with Crippen LogP contribution in [-0.4, -0.2) is 66.0 Å². The highest BCUT2D eigenvalue weighted by molar-refractivity contribution is 7.71. The van der Waals surface area contributed by atoms with Crippen molar-refractivity contribution in [1.82, 2.24) is 14.5 Å². The van der Waals surface area contributed by atoms with Gasteiger partial charge in [-0.15, -0.1) is 0 Å². The number of carbonyl (C=O) groups is 2. The zero-order chi connectivity index (χ0) is 24.2. The minimum Gasteiger partial charge on any atom is -0.385 e. The third kappa shape index (κ3) is 4.95. The van der Waals surface area contributed by atoms with Crippen molar-refractivity contribution in [3.8, 4) is 0 Å². The predicted molar refractivity (Wildman–Crippen MR) is 134 cm³/mol. The Balaban J connectivity index is 1.46. The summed E-state index contributed by atoms with van der Waals surface area (Å²) in [5.74, 6) is -0.0279. The van der Waals surface area contributed by atoms with Crippen molar-refractivity contribution in [3.05, 3.63) is 68.7 Å². The van der Waals surface area contributed by atoms with Crippen LogP contribution in [0.1, 0.15) is 34.1 Å². The van der Waals surface area contributed by atoms with Crippen LogP contribution in [0.2, 0.25) is 0 Å². The highest BCUT2D eigenvalue weighted by atomic mass is 32.1. The van der Waals surface area contributed by atoms with Crippen molar-refractivity contribution in [2.45, 2.75) is 19.9 Å². The van der Waals surface area contributed by atoms with Crippen molar-refractivity contribution in [3.63, 3.8) is 0 Å². The smallest absolute Gasteiger partial charge is 0.262 e. The largest absolute Gasteiger partial charge is 0.385 e. The molecule has 0 unspecified atom stereocenters. The molecule has 0 spiro atoms. The van der Waals surface area contributed by atoms with Gasteiger partial charge in [0, 0.05) is 63.3 Å². The van der Waals surface area contributed by atoms with Crippen molar-refractivity contribution >= 4 is 40.5 Å². The number of rotatable bonds is 7. The molecule has 1 aliphatic rings. The van der Waals surface area contributed by atoms with E-state index in [9.17, 15) is 14.4 Å². The number of piperazine rings is 1. The summed E-state index contributed by atoms with van der Waals surface area (Å²) >= 11 is 5.38. The normalized spacial score (nSPS) is 13.9. The first-order chi connectivity index (χ1) is 16.4. The monoisotopic (exact) mass is 480 g/mol. The summed E-state index contributed by atoms with van der Waals surface area (Å²) in [6.45, 7) is 5.15. The number of ether oxygens (including phenoxy) is 1. The average molecular weight is 481 g/mol. The van der Waals surface area contributed by atoms with Crippen molar-refractivity contribution in [1.29, 1.82) is 0 Å². The van der Waals surface area contributed by atoms with Crippen LogP contribution in [0.5, 0.6) is 0 Å². The van der Waals surface area contributed by atoms with Crippen LogP contribution in [0.25, 0.3) is 10.9 Å². The van der Waals surface area contributed by atoms with Crippen LogP contribution >= 0.6 is 12.2 Å². The number of Topliss-reactive ketones (excluding diaryl/α,β-unsaturated/α-hetero) is 1. The van der Waals surface area contributed by atoms with Gasteiger partial charge in [-0.25, -0.2) is 0 Å². The molecule has 0 radical (unpaired) electrons. The zero-order valence-electron chi connectivity index (χ0n) is 19.4. The van der Waals surface area contributed by atoms with Gasteiger partial charge in [-0.05, 0) is 68.0 Å². The van der Waals surface area contributed by atoms with E-state index in [1.807, 2.05) is 29.2 Å². The molecule has 1 fully saturated rings. The molecule has 2 aromatic carbocycles. The molecule has 3 aromatic rings. The number of anilines is 1. The van der Waals surface area contributed by atoms with Gasteiger partial charge in [0.15, 0.2) is 10.6 Å². The second-order valence-electron chi connectivity index (χ2n) is 8.38. The fourth-order valence-electron chi connectivity index (χ4n) is 4.21. The molecule has 9 heteroatoms. The Bertz CT molecular complexity index is 1320. The van der Waals surface area contributed by atoms with Gasteiger partial charge in [0.05, 0.1) is 10.9 Å². The molecule has 4 rings (SSSR count). The Morgan fingerprint density at radius 1 is 1.03 bits per heavy atom. The molecule has 1 saturated heterocycles. The van der Waals surface area contributed by atoms with Gasteiger partial charge in [0.2, 0.25) is 0 Å². The van der Waals surface area contributed by atoms with E-state index in [0.717, 1.165) is 5.69 Å². The van der Waals surface area contributed by atoms with E-state index >= 15 is 0 Å². The van der Waals surface area contributed by atoms with Gasteiger partial charge in [0.1, 0.15) is 0 Å². The van der Waals surface area contributed by atoms with Crippen molar-refractivity contribution in [2.75, 3.05) is 44.8 Å². The molecular weight excluding hydrogens is 452 g/mol. The number of methoxy groups -OCH3 is 1. The number of carbonyl (C=O) groups excluding carboxylic acids is 2. The maximum absolute atomic E-state index is 13.2. The molecule has 1 amide bonds. The average Bonchev–Trinajstić information content (AvgIpc) is 2.85. The summed E-state index contributed by atoms with van der Waals surface area (Å²) < 4.78 is 6.92. The first kappa shape index (κ1) is 23.8. The molecule has 0 saturated carbocycles. The second kappa shape index (κ2) is 10.3. The Morgan fingerprint density at radius 3 is 2.35 bits per heavy atom. The molecule has 1 aromatic heterocycles. The van der Waals surface area contributed by atoms with E-state index in [4.69, 9.17) is 17.0 Å².